The van der Waals surface area contributed by atoms with Gasteiger partial charge in [-0.1, -0.05) is 18.2 Å². The molecule has 43 heavy (non-hydrogen) atoms. The number of thiophene rings is 1. The van der Waals surface area contributed by atoms with Crippen molar-refractivity contribution in [2.24, 2.45) is 7.05 Å². The van der Waals surface area contributed by atoms with Crippen molar-refractivity contribution in [1.29, 1.82) is 0 Å². The van der Waals surface area contributed by atoms with E-state index < -0.39 is 23.4 Å². The Kier molecular flexibility index (Phi) is 7.38. The largest absolute Gasteiger partial charge is 0.453 e. The first-order valence-electron chi connectivity index (χ1n) is 13.4. The molecular formula is C31H27FN6O4S. The van der Waals surface area contributed by atoms with Gasteiger partial charge in [0, 0.05) is 31.1 Å². The Balaban J connectivity index is 1.27. The van der Waals surface area contributed by atoms with Gasteiger partial charge in [-0.05, 0) is 44.2 Å². The van der Waals surface area contributed by atoms with E-state index in [0.29, 0.717) is 22.6 Å². The monoisotopic (exact) mass is 598 g/mol. The van der Waals surface area contributed by atoms with Crippen LogP contribution in [-0.2, 0) is 13.6 Å². The fourth-order valence-electron chi connectivity index (χ4n) is 4.89. The molecule has 2 aromatic carbocycles. The highest BCUT2D eigenvalue weighted by Crippen LogP contribution is 2.39. The van der Waals surface area contributed by atoms with Crippen LogP contribution in [-0.4, -0.2) is 41.0 Å². The molecule has 4 heterocycles. The van der Waals surface area contributed by atoms with Gasteiger partial charge in [-0.15, -0.1) is 11.3 Å². The first-order valence-corrected chi connectivity index (χ1v) is 14.2. The number of nitrogens with one attached hydrogen (secondary N) is 1. The number of para-hydroxylation sites is 1. The summed E-state index contributed by atoms with van der Waals surface area (Å²) in [6.45, 7) is 3.33. The third kappa shape index (κ3) is 5.33. The van der Waals surface area contributed by atoms with Gasteiger partial charge in [0.05, 0.1) is 57.3 Å². The molecule has 0 spiro atoms. The van der Waals surface area contributed by atoms with Crippen LogP contribution >= 0.6 is 11.3 Å². The van der Waals surface area contributed by atoms with Crippen LogP contribution < -0.4 is 15.6 Å². The number of hydrogen-bond acceptors (Lipinski definition) is 7. The van der Waals surface area contributed by atoms with Crippen LogP contribution in [0, 0.1) is 12.7 Å². The molecule has 0 bridgehead atoms. The third-order valence-electron chi connectivity index (χ3n) is 6.92. The number of aryl methyl sites for hydroxylation is 1. The Labute approximate surface area is 249 Å². The average molecular weight is 599 g/mol. The lowest BCUT2D eigenvalue weighted by atomic mass is 10.2. The van der Waals surface area contributed by atoms with E-state index in [0.717, 1.165) is 21.3 Å². The van der Waals surface area contributed by atoms with Gasteiger partial charge in [0.25, 0.3) is 11.5 Å². The zero-order valence-electron chi connectivity index (χ0n) is 23.5. The number of imidazole rings is 1. The number of halogens is 1. The molecule has 1 amide bonds. The maximum Gasteiger partial charge on any atom is 0.284 e. The molecule has 0 unspecified atom stereocenters. The molecule has 0 saturated carbocycles. The number of carbonyl (C=O) groups is 1. The highest BCUT2D eigenvalue weighted by Gasteiger charge is 2.25. The molecule has 2 N–H and O–H groups in total. The van der Waals surface area contributed by atoms with Crippen LogP contribution in [0.2, 0.25) is 0 Å². The highest BCUT2D eigenvalue weighted by molar-refractivity contribution is 7.22. The lowest BCUT2D eigenvalue weighted by Crippen LogP contribution is -2.27. The van der Waals surface area contributed by atoms with Crippen molar-refractivity contribution in [1.82, 2.24) is 23.9 Å². The predicted octanol–water partition coefficient (Wildman–Crippen LogP) is 5.52. The van der Waals surface area contributed by atoms with Crippen molar-refractivity contribution in [3.63, 3.8) is 0 Å². The Morgan fingerprint density at radius 2 is 1.93 bits per heavy atom. The second kappa shape index (κ2) is 11.3. The Morgan fingerprint density at radius 1 is 1.14 bits per heavy atom. The van der Waals surface area contributed by atoms with Crippen LogP contribution in [0.5, 0.6) is 11.5 Å². The second-order valence-corrected chi connectivity index (χ2v) is 11.1. The molecule has 0 aliphatic rings. The lowest BCUT2D eigenvalue weighted by molar-refractivity contribution is 0.102. The van der Waals surface area contributed by atoms with E-state index in [4.69, 9.17) is 4.74 Å². The highest BCUT2D eigenvalue weighted by atomic mass is 32.1. The maximum absolute atomic E-state index is 15.3. The number of pyridine rings is 1. The molecule has 6 aromatic rings. The molecule has 10 nitrogen and oxygen atoms in total. The minimum atomic E-state index is -0.768. The van der Waals surface area contributed by atoms with Gasteiger partial charge in [-0.3, -0.25) is 19.3 Å². The number of fused-ring (bicyclic) bond motifs is 1. The first kappa shape index (κ1) is 28.1. The van der Waals surface area contributed by atoms with E-state index in [1.54, 1.807) is 67.6 Å². The van der Waals surface area contributed by atoms with Crippen molar-refractivity contribution in [3.05, 3.63) is 107 Å². The fourth-order valence-corrected chi connectivity index (χ4v) is 6.01. The molecule has 0 saturated heterocycles. The third-order valence-corrected chi connectivity index (χ3v) is 8.08. The zero-order chi connectivity index (χ0) is 30.2. The lowest BCUT2D eigenvalue weighted by Gasteiger charge is -2.15. The minimum absolute atomic E-state index is 0.0355. The summed E-state index contributed by atoms with van der Waals surface area (Å²) in [6.07, 6.45) is 4.30. The summed E-state index contributed by atoms with van der Waals surface area (Å²) in [6, 6.07) is 16.5. The summed E-state index contributed by atoms with van der Waals surface area (Å²) >= 11 is 1.46. The van der Waals surface area contributed by atoms with Crippen LogP contribution in [0.15, 0.2) is 84.2 Å². The number of carbonyl (C=O) groups excluding carboxylic acids is 1. The summed E-state index contributed by atoms with van der Waals surface area (Å²) in [4.78, 5) is 36.3. The van der Waals surface area contributed by atoms with Crippen molar-refractivity contribution < 1.29 is 19.0 Å². The number of aromatic nitrogens is 5. The molecule has 4 aromatic heterocycles. The van der Waals surface area contributed by atoms with Crippen molar-refractivity contribution in [2.45, 2.75) is 26.5 Å². The number of amides is 1. The average Bonchev–Trinajstić information content (AvgIpc) is 3.66. The number of ether oxygens (including phenoxy) is 1. The molecule has 0 fully saturated rings. The number of aliphatic hydroxyl groups is 1. The number of anilines is 1. The Bertz CT molecular complexity index is 2030. The topological polar surface area (TPSA) is 116 Å². The molecule has 218 valence electrons. The van der Waals surface area contributed by atoms with E-state index in [2.05, 4.69) is 15.3 Å². The van der Waals surface area contributed by atoms with Gasteiger partial charge in [0.2, 0.25) is 0 Å². The van der Waals surface area contributed by atoms with Gasteiger partial charge in [-0.25, -0.2) is 14.1 Å². The van der Waals surface area contributed by atoms with Crippen molar-refractivity contribution in [2.75, 3.05) is 5.32 Å². The molecule has 1 atom stereocenters. The Morgan fingerprint density at radius 3 is 2.63 bits per heavy atom. The van der Waals surface area contributed by atoms with E-state index >= 15 is 4.39 Å². The minimum Gasteiger partial charge on any atom is -0.453 e. The van der Waals surface area contributed by atoms with Crippen LogP contribution in [0.1, 0.15) is 23.0 Å². The summed E-state index contributed by atoms with van der Waals surface area (Å²) in [5.74, 6) is -0.986. The number of nitrogens with zero attached hydrogens (tertiary/aromatic N) is 5. The van der Waals surface area contributed by atoms with Crippen molar-refractivity contribution >= 4 is 33.1 Å². The SMILES string of the molecule is Cc1c(C(=O)Nc2ccc(Oc3ccnc4cc(-c5cncn5C)sc34)c(F)c2)c(=O)n(-c2ccccc2)n1C[C@@H](C)O. The van der Waals surface area contributed by atoms with Crippen LogP contribution in [0.4, 0.5) is 10.1 Å². The van der Waals surface area contributed by atoms with Crippen LogP contribution in [0.3, 0.4) is 0 Å². The summed E-state index contributed by atoms with van der Waals surface area (Å²) in [7, 11) is 1.90. The van der Waals surface area contributed by atoms with Crippen molar-refractivity contribution in [3.8, 4) is 27.8 Å². The normalized spacial score (nSPS) is 12.0. The van der Waals surface area contributed by atoms with E-state index in [1.807, 2.05) is 23.7 Å². The standard InChI is InChI=1S/C31H27FN6O4S/c1-18(39)16-37-19(2)28(31(41)38(37)21-7-5-4-6-8-21)30(40)35-20-9-10-25(22(32)13-20)42-26-11-12-34-23-14-27(43-29(23)26)24-15-33-17-36(24)3/h4-15,17-18,39H,16H2,1-3H3,(H,35,40)/t18-/m1/s1. The van der Waals surface area contributed by atoms with Gasteiger partial charge in [-0.2, -0.15) is 0 Å². The summed E-state index contributed by atoms with van der Waals surface area (Å²) < 4.78 is 26.8. The maximum atomic E-state index is 15.3. The van der Waals surface area contributed by atoms with Gasteiger partial charge in [0.1, 0.15) is 11.3 Å². The fraction of sp³-hybridized carbons (Fsp3) is 0.161. The predicted molar refractivity (Wildman–Crippen MR) is 163 cm³/mol. The molecular weight excluding hydrogens is 571 g/mol. The number of hydrogen-bond donors (Lipinski definition) is 2. The number of benzene rings is 2. The zero-order valence-corrected chi connectivity index (χ0v) is 24.3. The van der Waals surface area contributed by atoms with E-state index in [1.165, 1.54) is 28.2 Å². The quantitative estimate of drug-likeness (QED) is 0.238. The molecule has 12 heteroatoms. The second-order valence-electron chi connectivity index (χ2n) is 10.1. The van der Waals surface area contributed by atoms with Gasteiger partial charge >= 0.3 is 0 Å². The number of rotatable bonds is 8. The van der Waals surface area contributed by atoms with Gasteiger partial charge < -0.3 is 19.7 Å². The summed E-state index contributed by atoms with van der Waals surface area (Å²) in [5.41, 5.74) is 2.05. The molecule has 0 aliphatic heterocycles. The van der Waals surface area contributed by atoms with E-state index in [9.17, 15) is 14.7 Å². The molecule has 6 rings (SSSR count). The molecule has 0 radical (unpaired) electrons. The number of aliphatic hydroxyl groups excluding tert-OH is 1. The van der Waals surface area contributed by atoms with Crippen LogP contribution in [0.25, 0.3) is 26.5 Å². The van der Waals surface area contributed by atoms with Gasteiger partial charge in [0.15, 0.2) is 11.6 Å². The van der Waals surface area contributed by atoms with E-state index in [-0.39, 0.29) is 23.5 Å². The Hall–Kier alpha value is -5.07. The molecule has 0 aliphatic carbocycles. The smallest absolute Gasteiger partial charge is 0.284 e. The summed E-state index contributed by atoms with van der Waals surface area (Å²) in [5, 5.41) is 12.7. The first-order chi connectivity index (χ1) is 20.7.